The lowest BCUT2D eigenvalue weighted by molar-refractivity contribution is 0.0848. The van der Waals surface area contributed by atoms with Crippen LogP contribution in [0, 0.1) is 11.7 Å². The van der Waals surface area contributed by atoms with E-state index in [1.165, 1.54) is 31.4 Å². The maximum absolute atomic E-state index is 12.7. The summed E-state index contributed by atoms with van der Waals surface area (Å²) in [4.78, 5) is 0. The van der Waals surface area contributed by atoms with Crippen LogP contribution < -0.4 is 0 Å². The zero-order valence-corrected chi connectivity index (χ0v) is 8.82. The molecule has 0 unspecified atom stereocenters. The first-order valence-corrected chi connectivity index (χ1v) is 5.71. The lowest BCUT2D eigenvalue weighted by Crippen LogP contribution is -2.15. The quantitative estimate of drug-likeness (QED) is 0.789. The van der Waals surface area contributed by atoms with Crippen LogP contribution in [0.15, 0.2) is 24.3 Å². The van der Waals surface area contributed by atoms with Gasteiger partial charge in [-0.2, -0.15) is 0 Å². The predicted octanol–water partition coefficient (Wildman–Crippen LogP) is 3.44. The minimum atomic E-state index is -0.411. The molecule has 82 valence electrons. The van der Waals surface area contributed by atoms with Gasteiger partial charge in [0.05, 0.1) is 6.10 Å². The molecule has 0 bridgehead atoms. The van der Waals surface area contributed by atoms with Gasteiger partial charge in [0.2, 0.25) is 0 Å². The number of hydrogen-bond donors (Lipinski definition) is 1. The molecule has 1 fully saturated rings. The zero-order chi connectivity index (χ0) is 10.7. The SMILES string of the molecule is O[C@H](c1ccc(F)cc1)C1CCCCC1. The predicted molar refractivity (Wildman–Crippen MR) is 57.9 cm³/mol. The molecule has 1 saturated carbocycles. The van der Waals surface area contributed by atoms with Crippen LogP contribution in [0.25, 0.3) is 0 Å². The number of hydrogen-bond acceptors (Lipinski definition) is 1. The highest BCUT2D eigenvalue weighted by molar-refractivity contribution is 5.19. The summed E-state index contributed by atoms with van der Waals surface area (Å²) in [7, 11) is 0. The topological polar surface area (TPSA) is 20.2 Å². The average Bonchev–Trinajstić information content (AvgIpc) is 2.30. The van der Waals surface area contributed by atoms with Crippen molar-refractivity contribution in [3.05, 3.63) is 35.6 Å². The first-order chi connectivity index (χ1) is 7.27. The molecule has 1 aliphatic rings. The molecule has 2 heteroatoms. The van der Waals surface area contributed by atoms with Gasteiger partial charge in [-0.15, -0.1) is 0 Å². The summed E-state index contributed by atoms with van der Waals surface area (Å²) in [5, 5.41) is 10.1. The van der Waals surface area contributed by atoms with Crippen LogP contribution in [0.1, 0.15) is 43.8 Å². The van der Waals surface area contributed by atoms with Crippen LogP contribution in [-0.4, -0.2) is 5.11 Å². The first kappa shape index (κ1) is 10.6. The van der Waals surface area contributed by atoms with Crippen LogP contribution in [0.5, 0.6) is 0 Å². The molecular formula is C13H17FO. The summed E-state index contributed by atoms with van der Waals surface area (Å²) in [5.74, 6) is 0.124. The number of benzene rings is 1. The molecule has 2 rings (SSSR count). The Hall–Kier alpha value is -0.890. The van der Waals surface area contributed by atoms with E-state index in [0.29, 0.717) is 5.92 Å². The van der Waals surface area contributed by atoms with Gasteiger partial charge in [0.1, 0.15) is 5.82 Å². The molecule has 1 nitrogen and oxygen atoms in total. The van der Waals surface area contributed by atoms with Gasteiger partial charge in [-0.3, -0.25) is 0 Å². The highest BCUT2D eigenvalue weighted by atomic mass is 19.1. The Balaban J connectivity index is 2.05. The number of halogens is 1. The summed E-state index contributed by atoms with van der Waals surface area (Å²) < 4.78 is 12.7. The summed E-state index contributed by atoms with van der Waals surface area (Å²) in [5.41, 5.74) is 0.850. The Kier molecular flexibility index (Phi) is 3.37. The smallest absolute Gasteiger partial charge is 0.123 e. The van der Waals surface area contributed by atoms with E-state index >= 15 is 0 Å². The molecule has 0 saturated heterocycles. The largest absolute Gasteiger partial charge is 0.388 e. The minimum Gasteiger partial charge on any atom is -0.388 e. The monoisotopic (exact) mass is 208 g/mol. The fraction of sp³-hybridized carbons (Fsp3) is 0.538. The van der Waals surface area contributed by atoms with E-state index in [1.807, 2.05) is 0 Å². The number of rotatable bonds is 2. The van der Waals surface area contributed by atoms with E-state index in [2.05, 4.69) is 0 Å². The van der Waals surface area contributed by atoms with Gasteiger partial charge in [0.25, 0.3) is 0 Å². The lowest BCUT2D eigenvalue weighted by atomic mass is 9.83. The van der Waals surface area contributed by atoms with Crippen molar-refractivity contribution in [1.82, 2.24) is 0 Å². The Labute approximate surface area is 89.9 Å². The average molecular weight is 208 g/mol. The summed E-state index contributed by atoms with van der Waals surface area (Å²) >= 11 is 0. The Bertz CT molecular complexity index is 301. The third-order valence-corrected chi connectivity index (χ3v) is 3.31. The Morgan fingerprint density at radius 3 is 2.27 bits per heavy atom. The summed E-state index contributed by atoms with van der Waals surface area (Å²) in [6, 6.07) is 6.21. The van der Waals surface area contributed by atoms with E-state index in [-0.39, 0.29) is 5.82 Å². The normalized spacial score (nSPS) is 20.1. The molecule has 1 aromatic carbocycles. The maximum atomic E-state index is 12.7. The third kappa shape index (κ3) is 2.57. The molecule has 0 spiro atoms. The Morgan fingerprint density at radius 2 is 1.67 bits per heavy atom. The highest BCUT2D eigenvalue weighted by Crippen LogP contribution is 2.34. The molecule has 1 atom stereocenters. The van der Waals surface area contributed by atoms with Crippen molar-refractivity contribution in [2.75, 3.05) is 0 Å². The van der Waals surface area contributed by atoms with E-state index < -0.39 is 6.10 Å². The van der Waals surface area contributed by atoms with Crippen molar-refractivity contribution in [1.29, 1.82) is 0 Å². The van der Waals surface area contributed by atoms with Crippen molar-refractivity contribution >= 4 is 0 Å². The van der Waals surface area contributed by atoms with E-state index in [1.54, 1.807) is 12.1 Å². The van der Waals surface area contributed by atoms with Crippen LogP contribution in [0.4, 0.5) is 4.39 Å². The van der Waals surface area contributed by atoms with Gasteiger partial charge >= 0.3 is 0 Å². The van der Waals surface area contributed by atoms with E-state index in [9.17, 15) is 9.50 Å². The van der Waals surface area contributed by atoms with Crippen molar-refractivity contribution in [3.63, 3.8) is 0 Å². The zero-order valence-electron chi connectivity index (χ0n) is 8.82. The first-order valence-electron chi connectivity index (χ1n) is 5.71. The van der Waals surface area contributed by atoms with Gasteiger partial charge in [0, 0.05) is 0 Å². The molecule has 0 aliphatic heterocycles. The van der Waals surface area contributed by atoms with Crippen LogP contribution in [0.3, 0.4) is 0 Å². The molecule has 0 amide bonds. The van der Waals surface area contributed by atoms with Crippen molar-refractivity contribution in [2.45, 2.75) is 38.2 Å². The second kappa shape index (κ2) is 4.75. The molecule has 0 aromatic heterocycles. The number of aliphatic hydroxyl groups is 1. The van der Waals surface area contributed by atoms with Crippen molar-refractivity contribution in [2.24, 2.45) is 5.92 Å². The van der Waals surface area contributed by atoms with Gasteiger partial charge in [-0.1, -0.05) is 31.4 Å². The van der Waals surface area contributed by atoms with Gasteiger partial charge in [0.15, 0.2) is 0 Å². The van der Waals surface area contributed by atoms with Crippen LogP contribution in [-0.2, 0) is 0 Å². The van der Waals surface area contributed by atoms with Crippen LogP contribution in [0.2, 0.25) is 0 Å². The molecule has 0 radical (unpaired) electrons. The van der Waals surface area contributed by atoms with Crippen molar-refractivity contribution in [3.8, 4) is 0 Å². The van der Waals surface area contributed by atoms with E-state index in [4.69, 9.17) is 0 Å². The molecule has 1 aliphatic carbocycles. The molecule has 1 aromatic rings. The number of aliphatic hydroxyl groups excluding tert-OH is 1. The second-order valence-corrected chi connectivity index (χ2v) is 4.39. The third-order valence-electron chi connectivity index (χ3n) is 3.31. The standard InChI is InChI=1S/C13H17FO/c14-12-8-6-11(7-9-12)13(15)10-4-2-1-3-5-10/h6-10,13,15H,1-5H2/t13-/m0/s1. The molecule has 1 N–H and O–H groups in total. The molecular weight excluding hydrogens is 191 g/mol. The van der Waals surface area contributed by atoms with Gasteiger partial charge in [-0.25, -0.2) is 4.39 Å². The van der Waals surface area contributed by atoms with Crippen molar-refractivity contribution < 1.29 is 9.50 Å². The maximum Gasteiger partial charge on any atom is 0.123 e. The fourth-order valence-electron chi connectivity index (χ4n) is 2.38. The Morgan fingerprint density at radius 1 is 1.07 bits per heavy atom. The second-order valence-electron chi connectivity index (χ2n) is 4.39. The summed E-state index contributed by atoms with van der Waals surface area (Å²) in [6.07, 6.45) is 5.49. The van der Waals surface area contributed by atoms with E-state index in [0.717, 1.165) is 18.4 Å². The fourth-order valence-corrected chi connectivity index (χ4v) is 2.38. The highest BCUT2D eigenvalue weighted by Gasteiger charge is 2.22. The van der Waals surface area contributed by atoms with Crippen LogP contribution >= 0.6 is 0 Å². The molecule has 0 heterocycles. The van der Waals surface area contributed by atoms with Gasteiger partial charge < -0.3 is 5.11 Å². The lowest BCUT2D eigenvalue weighted by Gasteiger charge is -2.26. The molecule has 15 heavy (non-hydrogen) atoms. The summed E-state index contributed by atoms with van der Waals surface area (Å²) in [6.45, 7) is 0. The van der Waals surface area contributed by atoms with Gasteiger partial charge in [-0.05, 0) is 36.5 Å². The minimum absolute atomic E-state index is 0.241.